The smallest absolute Gasteiger partial charge is 0.360 e. The molecule has 212 valence electrons. The maximum Gasteiger partial charge on any atom is 0.360 e. The molecule has 0 aliphatic rings. The Morgan fingerprint density at radius 1 is 1.15 bits per heavy atom. The van der Waals surface area contributed by atoms with Gasteiger partial charge >= 0.3 is 11.9 Å². The first-order valence-electron chi connectivity index (χ1n) is 12.2. The molecule has 0 aliphatic carbocycles. The van der Waals surface area contributed by atoms with E-state index in [1.165, 1.54) is 12.5 Å². The number of aromatic nitrogens is 1. The number of nitrogens with one attached hydrogen (secondary N) is 2. The van der Waals surface area contributed by atoms with Crippen molar-refractivity contribution in [1.82, 2.24) is 10.3 Å². The molecule has 0 unspecified atom stereocenters. The van der Waals surface area contributed by atoms with Gasteiger partial charge in [-0.15, -0.1) is 11.3 Å². The Hall–Kier alpha value is -3.84. The van der Waals surface area contributed by atoms with Crippen LogP contribution in [0.1, 0.15) is 62.7 Å². The van der Waals surface area contributed by atoms with E-state index in [1.54, 1.807) is 45.0 Å². The second kappa shape index (κ2) is 13.8. The third-order valence-corrected chi connectivity index (χ3v) is 5.88. The third kappa shape index (κ3) is 9.76. The van der Waals surface area contributed by atoms with Gasteiger partial charge in [0.2, 0.25) is 17.5 Å². The van der Waals surface area contributed by atoms with E-state index >= 15 is 0 Å². The summed E-state index contributed by atoms with van der Waals surface area (Å²) >= 11 is 0.967. The fourth-order valence-electron chi connectivity index (χ4n) is 3.47. The molecule has 2 aromatic rings. The first-order valence-corrected chi connectivity index (χ1v) is 13.1. The number of carbonyl (C=O) groups excluding carboxylic acids is 3. The summed E-state index contributed by atoms with van der Waals surface area (Å²) < 4.78 is 5.50. The van der Waals surface area contributed by atoms with Crippen LogP contribution in [-0.2, 0) is 30.4 Å². The van der Waals surface area contributed by atoms with Crippen molar-refractivity contribution in [2.24, 2.45) is 16.8 Å². The number of esters is 1. The Bertz CT molecular complexity index is 1220. The molecule has 39 heavy (non-hydrogen) atoms. The molecule has 0 fully saturated rings. The summed E-state index contributed by atoms with van der Waals surface area (Å²) in [5.41, 5.74) is 5.59. The molecule has 2 atom stereocenters. The number of nitrogens with two attached hydrogens (primary N) is 1. The van der Waals surface area contributed by atoms with Crippen molar-refractivity contribution in [3.63, 3.8) is 0 Å². The van der Waals surface area contributed by atoms with Gasteiger partial charge in [-0.3, -0.25) is 9.59 Å². The third-order valence-electron chi connectivity index (χ3n) is 5.12. The Labute approximate surface area is 231 Å². The monoisotopic (exact) mass is 561 g/mol. The first kappa shape index (κ1) is 31.4. The Kier molecular flexibility index (Phi) is 11.1. The molecule has 0 spiro atoms. The molecule has 0 bridgehead atoms. The zero-order valence-electron chi connectivity index (χ0n) is 22.8. The van der Waals surface area contributed by atoms with E-state index < -0.39 is 47.1 Å². The summed E-state index contributed by atoms with van der Waals surface area (Å²) in [5.74, 6) is -2.94. The predicted octanol–water partition coefficient (Wildman–Crippen LogP) is 2.57. The van der Waals surface area contributed by atoms with Crippen molar-refractivity contribution in [1.29, 1.82) is 0 Å². The highest BCUT2D eigenvalue weighted by molar-refractivity contribution is 7.14. The van der Waals surface area contributed by atoms with Gasteiger partial charge in [-0.2, -0.15) is 0 Å². The summed E-state index contributed by atoms with van der Waals surface area (Å²) in [6, 6.07) is 4.64. The van der Waals surface area contributed by atoms with Crippen LogP contribution in [0.5, 0.6) is 0 Å². The number of hydrogen-bond donors (Lipinski definition) is 4. The number of carbonyl (C=O) groups is 4. The Morgan fingerprint density at radius 3 is 2.41 bits per heavy atom. The summed E-state index contributed by atoms with van der Waals surface area (Å²) in [4.78, 5) is 59.2. The highest BCUT2D eigenvalue weighted by Gasteiger charge is 2.28. The number of anilines is 1. The number of oxime groups is 1. The highest BCUT2D eigenvalue weighted by Crippen LogP contribution is 2.20. The van der Waals surface area contributed by atoms with Crippen LogP contribution in [0.25, 0.3) is 0 Å². The van der Waals surface area contributed by atoms with E-state index in [0.717, 1.165) is 11.3 Å². The second-order valence-electron chi connectivity index (χ2n) is 10.1. The largest absolute Gasteiger partial charge is 0.476 e. The lowest BCUT2D eigenvalue weighted by atomic mass is 9.98. The Balaban J connectivity index is 2.36. The number of carboxylic acids is 1. The quantitative estimate of drug-likeness (QED) is 0.172. The van der Waals surface area contributed by atoms with E-state index in [2.05, 4.69) is 25.6 Å². The predicted molar refractivity (Wildman–Crippen MR) is 147 cm³/mol. The number of ether oxygens (including phenoxy) is 1. The molecule has 0 aliphatic heterocycles. The van der Waals surface area contributed by atoms with Gasteiger partial charge in [0.05, 0.1) is 11.6 Å². The van der Waals surface area contributed by atoms with Crippen LogP contribution in [0.4, 0.5) is 5.13 Å². The topological polar surface area (TPSA) is 182 Å². The lowest BCUT2D eigenvalue weighted by Gasteiger charge is -2.23. The molecule has 0 saturated heterocycles. The summed E-state index contributed by atoms with van der Waals surface area (Å²) in [5, 5.41) is 19.5. The number of benzene rings is 1. The van der Waals surface area contributed by atoms with Gasteiger partial charge in [0.25, 0.3) is 0 Å². The van der Waals surface area contributed by atoms with E-state index in [-0.39, 0.29) is 28.7 Å². The van der Waals surface area contributed by atoms with E-state index in [9.17, 15) is 24.3 Å². The number of amides is 2. The molecular formula is C26H35N5O7S. The van der Waals surface area contributed by atoms with Crippen LogP contribution in [-0.4, -0.2) is 64.3 Å². The average molecular weight is 562 g/mol. The van der Waals surface area contributed by atoms with Gasteiger partial charge in [-0.1, -0.05) is 37.2 Å². The van der Waals surface area contributed by atoms with Crippen LogP contribution in [0.2, 0.25) is 0 Å². The fraction of sp³-hybridized carbons (Fsp3) is 0.462. The number of hydrogen-bond acceptors (Lipinski definition) is 10. The van der Waals surface area contributed by atoms with Crippen LogP contribution in [0.3, 0.4) is 0 Å². The van der Waals surface area contributed by atoms with Crippen molar-refractivity contribution >= 4 is 45.9 Å². The standard InChI is InChI=1S/C26H35N5O7S/c1-14(2)11-17(27)21(32)28-18(12-15-9-7-8-10-16(15)24(36)38-26(3,4)5)22(33)30-25-29-19(13-39-25)20(23(34)35)31-37-6/h7-10,13-14,17-18H,11-12,27H2,1-6H3,(H,28,32)(H,34,35)(H,29,30,33)/t17-,18-/m0/s1. The molecule has 1 aromatic carbocycles. The first-order chi connectivity index (χ1) is 18.2. The molecular weight excluding hydrogens is 526 g/mol. The van der Waals surface area contributed by atoms with Gasteiger partial charge in [-0.05, 0) is 44.7 Å². The number of rotatable bonds is 12. The zero-order valence-corrected chi connectivity index (χ0v) is 23.6. The summed E-state index contributed by atoms with van der Waals surface area (Å²) in [6.45, 7) is 9.08. The summed E-state index contributed by atoms with van der Waals surface area (Å²) in [6.07, 6.45) is 0.354. The van der Waals surface area contributed by atoms with E-state index in [4.69, 9.17) is 10.5 Å². The van der Waals surface area contributed by atoms with E-state index in [1.807, 2.05) is 13.8 Å². The molecule has 2 amide bonds. The van der Waals surface area contributed by atoms with Gasteiger partial charge in [0, 0.05) is 11.8 Å². The number of carboxylic acid groups (broad SMARTS) is 1. The van der Waals surface area contributed by atoms with Gasteiger partial charge in [0.15, 0.2) is 5.13 Å². The lowest BCUT2D eigenvalue weighted by Crippen LogP contribution is -2.51. The molecule has 5 N–H and O–H groups in total. The summed E-state index contributed by atoms with van der Waals surface area (Å²) in [7, 11) is 1.20. The lowest BCUT2D eigenvalue weighted by molar-refractivity contribution is -0.129. The molecule has 2 rings (SSSR count). The van der Waals surface area contributed by atoms with Gasteiger partial charge in [-0.25, -0.2) is 14.6 Å². The van der Waals surface area contributed by atoms with Crippen molar-refractivity contribution in [3.05, 3.63) is 46.5 Å². The van der Waals surface area contributed by atoms with Crippen LogP contribution in [0, 0.1) is 5.92 Å². The minimum Gasteiger partial charge on any atom is -0.476 e. The molecule has 1 heterocycles. The molecule has 12 nitrogen and oxygen atoms in total. The average Bonchev–Trinajstić information content (AvgIpc) is 3.28. The van der Waals surface area contributed by atoms with Gasteiger partial charge in [0.1, 0.15) is 24.4 Å². The molecule has 0 radical (unpaired) electrons. The zero-order chi connectivity index (χ0) is 29.3. The highest BCUT2D eigenvalue weighted by atomic mass is 32.1. The molecule has 0 saturated carbocycles. The number of aliphatic carboxylic acids is 1. The Morgan fingerprint density at radius 2 is 1.82 bits per heavy atom. The SMILES string of the molecule is CON=C(C(=O)O)c1csc(NC(=O)[C@H](Cc2ccccc2C(=O)OC(C)(C)C)NC(=O)[C@@H](N)CC(C)C)n1. The maximum absolute atomic E-state index is 13.4. The minimum atomic E-state index is -1.36. The molecule has 1 aromatic heterocycles. The van der Waals surface area contributed by atoms with E-state index in [0.29, 0.717) is 12.0 Å². The fourth-order valence-corrected chi connectivity index (χ4v) is 4.17. The van der Waals surface area contributed by atoms with Crippen LogP contribution >= 0.6 is 11.3 Å². The minimum absolute atomic E-state index is 0.0144. The van der Waals surface area contributed by atoms with Gasteiger partial charge < -0.3 is 31.0 Å². The second-order valence-corrected chi connectivity index (χ2v) is 11.0. The number of thiazole rings is 1. The maximum atomic E-state index is 13.4. The normalized spacial score (nSPS) is 13.4. The van der Waals surface area contributed by atoms with Crippen molar-refractivity contribution in [3.8, 4) is 0 Å². The van der Waals surface area contributed by atoms with Crippen molar-refractivity contribution in [2.75, 3.05) is 12.4 Å². The van der Waals surface area contributed by atoms with Crippen molar-refractivity contribution in [2.45, 2.75) is 65.1 Å². The van der Waals surface area contributed by atoms with Crippen LogP contribution in [0.15, 0.2) is 34.8 Å². The van der Waals surface area contributed by atoms with Crippen molar-refractivity contribution < 1.29 is 33.9 Å². The van der Waals surface area contributed by atoms with Crippen LogP contribution < -0.4 is 16.4 Å². The molecule has 13 heteroatoms. The number of nitrogens with zero attached hydrogens (tertiary/aromatic N) is 2.